The number of rotatable bonds is 4. The molecule has 6 heterocycles. The van der Waals surface area contributed by atoms with Gasteiger partial charge in [0.1, 0.15) is 11.7 Å². The van der Waals surface area contributed by atoms with E-state index in [4.69, 9.17) is 40.5 Å². The molecule has 0 bridgehead atoms. The highest BCUT2D eigenvalue weighted by molar-refractivity contribution is 9.08. The van der Waals surface area contributed by atoms with Crippen molar-refractivity contribution in [3.8, 4) is 0 Å². The number of aromatic nitrogens is 6. The molecule has 3 aliphatic heterocycles. The van der Waals surface area contributed by atoms with Crippen LogP contribution in [-0.2, 0) is 40.5 Å². The number of esters is 2. The van der Waals surface area contributed by atoms with E-state index in [1.54, 1.807) is 6.92 Å². The zero-order chi connectivity index (χ0) is 39.4. The van der Waals surface area contributed by atoms with Crippen LogP contribution in [0.4, 0.5) is 0 Å². The second kappa shape index (κ2) is 21.4. The number of imide groups is 2. The van der Waals surface area contributed by atoms with Crippen LogP contribution in [0.25, 0.3) is 0 Å². The average Bonchev–Trinajstić information content (AvgIpc) is 3.45. The van der Waals surface area contributed by atoms with Gasteiger partial charge in [0.15, 0.2) is 11.4 Å². The van der Waals surface area contributed by atoms with E-state index in [1.165, 1.54) is 37.7 Å². The molecule has 0 aliphatic carbocycles. The molecule has 3 aromatic rings. The van der Waals surface area contributed by atoms with Gasteiger partial charge in [-0.1, -0.05) is 15.9 Å². The lowest BCUT2D eigenvalue weighted by molar-refractivity contribution is -0.137. The number of aryl methyl sites for hydroxylation is 1. The predicted octanol–water partition coefficient (Wildman–Crippen LogP) is 2.10. The number of carbonyl (C=O) groups excluding carboxylic acids is 7. The maximum atomic E-state index is 12.2. The summed E-state index contributed by atoms with van der Waals surface area (Å²) in [7, 11) is 2.58. The molecular weight excluding hydrogens is 866 g/mol. The molecule has 290 valence electrons. The van der Waals surface area contributed by atoms with Gasteiger partial charge in [-0.25, -0.2) is 39.5 Å². The smallest absolute Gasteiger partial charge is 0.357 e. The number of alkyl halides is 1. The molecule has 6 rings (SSSR count). The van der Waals surface area contributed by atoms with E-state index < -0.39 is 29.9 Å². The Morgan fingerprint density at radius 3 is 1.91 bits per heavy atom. The topological polar surface area (TPSA) is 269 Å². The van der Waals surface area contributed by atoms with Gasteiger partial charge in [0.25, 0.3) is 5.91 Å². The van der Waals surface area contributed by atoms with Gasteiger partial charge in [-0.15, -0.1) is 12.4 Å². The number of nitrogens with one attached hydrogen (secondary N) is 2. The van der Waals surface area contributed by atoms with E-state index in [0.717, 1.165) is 0 Å². The van der Waals surface area contributed by atoms with Crippen LogP contribution in [0.1, 0.15) is 73.8 Å². The minimum atomic E-state index is -0.641. The zero-order valence-electron chi connectivity index (χ0n) is 28.4. The zero-order valence-corrected chi connectivity index (χ0v) is 33.1. The van der Waals surface area contributed by atoms with E-state index in [-0.39, 0.29) is 81.9 Å². The lowest BCUT2D eigenvalue weighted by atomic mass is 10.0. The third kappa shape index (κ3) is 12.6. The molecule has 5 amide bonds. The number of nitrogens with zero attached hydrogens (tertiary/aromatic N) is 7. The van der Waals surface area contributed by atoms with Gasteiger partial charge in [0.2, 0.25) is 39.5 Å². The average molecular weight is 897 g/mol. The summed E-state index contributed by atoms with van der Waals surface area (Å²) < 4.78 is 9.01. The minimum absolute atomic E-state index is 0. The second-order valence-electron chi connectivity index (χ2n) is 10.8. The van der Waals surface area contributed by atoms with E-state index in [9.17, 15) is 33.6 Å². The lowest BCUT2D eigenvalue weighted by Crippen LogP contribution is -2.52. The van der Waals surface area contributed by atoms with E-state index in [1.807, 2.05) is 0 Å². The van der Waals surface area contributed by atoms with E-state index >= 15 is 0 Å². The third-order valence-corrected chi connectivity index (χ3v) is 8.34. The standard InChI is InChI=1S/C11H9ClN4O3.C7H6BrClN2O2.C7H7ClN2O2.C5H8N2O2.ClH/c12-11-13-3-5-4-16(10(19)8(5)15-11)6-1-2-7(17)14-9(6)18;1-13-6(12)5-4(2-8)3-10-7(9)11-5;1-4-3-9-7(8)10-5(4)6(11)12-2;6-3-1-2-4(8)7-5(3)9;/h3,6H,1-2,4H2,(H,14,17,18);3H,2H2,1H3;3H,1-2H3;3H,1-2,6H2,(H,7,8,9);1H. The molecule has 54 heavy (non-hydrogen) atoms. The Morgan fingerprint density at radius 2 is 1.35 bits per heavy atom. The van der Waals surface area contributed by atoms with Crippen molar-refractivity contribution in [1.29, 1.82) is 0 Å². The highest BCUT2D eigenvalue weighted by Gasteiger charge is 2.40. The summed E-state index contributed by atoms with van der Waals surface area (Å²) in [5, 5.41) is 4.91. The summed E-state index contributed by atoms with van der Waals surface area (Å²) in [5.74, 6) is -2.71. The van der Waals surface area contributed by atoms with Gasteiger partial charge in [-0.3, -0.25) is 34.6 Å². The van der Waals surface area contributed by atoms with Crippen molar-refractivity contribution in [3.05, 3.63) is 68.2 Å². The number of hydrogen-bond donors (Lipinski definition) is 3. The Balaban J connectivity index is 0.000000257. The van der Waals surface area contributed by atoms with Crippen molar-refractivity contribution in [2.75, 3.05) is 14.2 Å². The van der Waals surface area contributed by atoms with Crippen molar-refractivity contribution in [1.82, 2.24) is 45.4 Å². The number of halogens is 5. The van der Waals surface area contributed by atoms with Crippen LogP contribution in [0, 0.1) is 6.92 Å². The van der Waals surface area contributed by atoms with E-state index in [2.05, 4.69) is 65.9 Å². The Labute approximate surface area is 336 Å². The Kier molecular flexibility index (Phi) is 18.1. The first-order valence-electron chi connectivity index (χ1n) is 15.1. The Hall–Kier alpha value is -4.47. The maximum Gasteiger partial charge on any atom is 0.357 e. The molecular formula is C30H31BrCl4N10O9. The molecule has 0 saturated carbocycles. The summed E-state index contributed by atoms with van der Waals surface area (Å²) in [4.78, 5) is 102. The molecule has 2 saturated heterocycles. The van der Waals surface area contributed by atoms with Gasteiger partial charge in [-0.05, 0) is 54.6 Å². The first-order chi connectivity index (χ1) is 25.1. The lowest BCUT2D eigenvalue weighted by Gasteiger charge is -2.29. The number of hydrogen-bond acceptors (Lipinski definition) is 16. The number of methoxy groups -OCH3 is 2. The highest BCUT2D eigenvalue weighted by Crippen LogP contribution is 2.26. The molecule has 4 N–H and O–H groups in total. The van der Waals surface area contributed by atoms with Gasteiger partial charge in [-0.2, -0.15) is 0 Å². The van der Waals surface area contributed by atoms with Crippen LogP contribution < -0.4 is 16.4 Å². The van der Waals surface area contributed by atoms with Crippen LogP contribution in [-0.4, -0.2) is 103 Å². The number of fused-ring (bicyclic) bond motifs is 1. The maximum absolute atomic E-state index is 12.2. The molecule has 0 radical (unpaired) electrons. The molecule has 2 atom stereocenters. The quantitative estimate of drug-likeness (QED) is 0.146. The summed E-state index contributed by atoms with van der Waals surface area (Å²) in [6, 6.07) is -1.12. The fraction of sp³-hybridized carbons (Fsp3) is 0.367. The largest absolute Gasteiger partial charge is 0.464 e. The monoisotopic (exact) mass is 894 g/mol. The predicted molar refractivity (Wildman–Crippen MR) is 195 cm³/mol. The summed E-state index contributed by atoms with van der Waals surface area (Å²) in [5.41, 5.74) is 7.83. The van der Waals surface area contributed by atoms with Crippen molar-refractivity contribution >= 4 is 105 Å². The first kappa shape index (κ1) is 45.7. The van der Waals surface area contributed by atoms with Gasteiger partial charge in [0, 0.05) is 53.5 Å². The molecule has 3 aromatic heterocycles. The molecule has 0 aromatic carbocycles. The summed E-state index contributed by atoms with van der Waals surface area (Å²) >= 11 is 19.9. The van der Waals surface area contributed by atoms with Gasteiger partial charge < -0.3 is 20.1 Å². The highest BCUT2D eigenvalue weighted by atomic mass is 79.9. The summed E-state index contributed by atoms with van der Waals surface area (Å²) in [6.45, 7) is 1.97. The van der Waals surface area contributed by atoms with Crippen LogP contribution in [0.3, 0.4) is 0 Å². The third-order valence-electron chi connectivity index (χ3n) is 7.19. The molecule has 0 spiro atoms. The molecule has 24 heteroatoms. The van der Waals surface area contributed by atoms with Crippen LogP contribution in [0.5, 0.6) is 0 Å². The van der Waals surface area contributed by atoms with Crippen molar-refractivity contribution in [2.45, 2.75) is 56.6 Å². The number of nitrogens with two attached hydrogens (primary N) is 1. The van der Waals surface area contributed by atoms with Crippen molar-refractivity contribution in [3.63, 3.8) is 0 Å². The summed E-state index contributed by atoms with van der Waals surface area (Å²) in [6.07, 6.45) is 5.83. The number of ether oxygens (including phenoxy) is 2. The fourth-order valence-electron chi connectivity index (χ4n) is 4.50. The normalized spacial score (nSPS) is 17.0. The number of amides is 5. The molecule has 19 nitrogen and oxygen atoms in total. The Morgan fingerprint density at radius 1 is 0.833 bits per heavy atom. The van der Waals surface area contributed by atoms with Gasteiger partial charge >= 0.3 is 11.9 Å². The number of piperidine rings is 2. The molecule has 3 aliphatic rings. The molecule has 2 unspecified atom stereocenters. The Bertz CT molecular complexity index is 1930. The van der Waals surface area contributed by atoms with E-state index in [0.29, 0.717) is 41.3 Å². The van der Waals surface area contributed by atoms with Crippen LogP contribution in [0.2, 0.25) is 15.9 Å². The van der Waals surface area contributed by atoms with Gasteiger partial charge in [0.05, 0.1) is 26.8 Å². The van der Waals surface area contributed by atoms with Crippen molar-refractivity contribution < 1.29 is 43.0 Å². The van der Waals surface area contributed by atoms with Crippen LogP contribution in [0.15, 0.2) is 18.6 Å². The van der Waals surface area contributed by atoms with Crippen molar-refractivity contribution in [2.24, 2.45) is 5.73 Å². The molecule has 2 fully saturated rings. The second-order valence-corrected chi connectivity index (χ2v) is 12.3. The minimum Gasteiger partial charge on any atom is -0.464 e. The number of carbonyl (C=O) groups is 7. The fourth-order valence-corrected chi connectivity index (χ4v) is 5.31. The SMILES string of the molecule is COC(=O)c1nc(Cl)ncc1C.COC(=O)c1nc(Cl)ncc1CBr.Cl.NC1CCC(=O)NC1=O.O=C1CCC(N2Cc3cnc(Cl)nc3C2=O)C(=O)N1. The first-order valence-corrected chi connectivity index (χ1v) is 17.3. The van der Waals surface area contributed by atoms with Crippen LogP contribution >= 0.6 is 63.1 Å².